The van der Waals surface area contributed by atoms with Gasteiger partial charge in [-0.25, -0.2) is 0 Å². The van der Waals surface area contributed by atoms with Crippen LogP contribution in [0.1, 0.15) is 49.5 Å². The van der Waals surface area contributed by atoms with E-state index in [-0.39, 0.29) is 0 Å². The van der Waals surface area contributed by atoms with Crippen LogP contribution in [0.3, 0.4) is 0 Å². The van der Waals surface area contributed by atoms with Gasteiger partial charge in [0.2, 0.25) is 0 Å². The van der Waals surface area contributed by atoms with E-state index >= 15 is 0 Å². The van der Waals surface area contributed by atoms with Gasteiger partial charge in [0.15, 0.2) is 0 Å². The summed E-state index contributed by atoms with van der Waals surface area (Å²) in [6.45, 7) is 6.66. The summed E-state index contributed by atoms with van der Waals surface area (Å²) in [7, 11) is 0. The van der Waals surface area contributed by atoms with E-state index in [1.165, 1.54) is 16.9 Å². The first kappa shape index (κ1) is 11.7. The maximum atomic E-state index is 5.92. The monoisotopic (exact) mass is 211 g/mol. The molecular formula is C12H21NS. The van der Waals surface area contributed by atoms with Crippen LogP contribution in [0.5, 0.6) is 0 Å². The number of nitrogens with two attached hydrogens (primary N) is 1. The van der Waals surface area contributed by atoms with Crippen molar-refractivity contribution in [1.82, 2.24) is 0 Å². The van der Waals surface area contributed by atoms with Crippen LogP contribution >= 0.6 is 11.3 Å². The number of rotatable bonds is 5. The molecule has 0 bridgehead atoms. The predicted molar refractivity (Wildman–Crippen MR) is 65.0 cm³/mol. The minimum atomic E-state index is 0.387. The van der Waals surface area contributed by atoms with E-state index < -0.39 is 0 Å². The van der Waals surface area contributed by atoms with Gasteiger partial charge in [-0.3, -0.25) is 0 Å². The number of hydrogen-bond donors (Lipinski definition) is 1. The highest BCUT2D eigenvalue weighted by Gasteiger charge is 2.11. The van der Waals surface area contributed by atoms with Crippen molar-refractivity contribution in [1.29, 1.82) is 0 Å². The van der Waals surface area contributed by atoms with Crippen LogP contribution in [-0.4, -0.2) is 6.04 Å². The third-order valence-corrected chi connectivity index (χ3v) is 4.09. The van der Waals surface area contributed by atoms with Gasteiger partial charge in [0.25, 0.3) is 0 Å². The summed E-state index contributed by atoms with van der Waals surface area (Å²) in [6, 6.07) is 2.59. The highest BCUT2D eigenvalue weighted by atomic mass is 32.1. The first-order chi connectivity index (χ1) is 6.65. The molecule has 0 aromatic carbocycles. The van der Waals surface area contributed by atoms with Crippen molar-refractivity contribution < 1.29 is 0 Å². The van der Waals surface area contributed by atoms with E-state index in [0.717, 1.165) is 12.8 Å². The maximum absolute atomic E-state index is 5.92. The van der Waals surface area contributed by atoms with Gasteiger partial charge in [0, 0.05) is 10.9 Å². The van der Waals surface area contributed by atoms with Gasteiger partial charge in [0.05, 0.1) is 0 Å². The predicted octanol–water partition coefficient (Wildman–Crippen LogP) is 3.68. The van der Waals surface area contributed by atoms with E-state index in [1.54, 1.807) is 0 Å². The fraction of sp³-hybridized carbons (Fsp3) is 0.667. The minimum Gasteiger partial charge on any atom is -0.328 e. The third kappa shape index (κ3) is 3.10. The van der Waals surface area contributed by atoms with Crippen molar-refractivity contribution in [2.45, 2.75) is 52.0 Å². The third-order valence-electron chi connectivity index (χ3n) is 2.84. The summed E-state index contributed by atoms with van der Waals surface area (Å²) >= 11 is 1.88. The van der Waals surface area contributed by atoms with Gasteiger partial charge in [0.1, 0.15) is 0 Å². The Hall–Kier alpha value is -0.340. The highest BCUT2D eigenvalue weighted by Crippen LogP contribution is 2.29. The molecule has 0 fully saturated rings. The lowest BCUT2D eigenvalue weighted by atomic mass is 9.98. The Morgan fingerprint density at radius 2 is 2.14 bits per heavy atom. The summed E-state index contributed by atoms with van der Waals surface area (Å²) in [5.41, 5.74) is 7.35. The van der Waals surface area contributed by atoms with Crippen LogP contribution < -0.4 is 5.73 Å². The van der Waals surface area contributed by atoms with E-state index in [4.69, 9.17) is 5.73 Å². The average molecular weight is 211 g/mol. The number of aryl methyl sites for hydroxylation is 1. The molecule has 0 amide bonds. The van der Waals surface area contributed by atoms with Crippen LogP contribution in [0.2, 0.25) is 0 Å². The summed E-state index contributed by atoms with van der Waals surface area (Å²) in [5, 5.41) is 2.18. The Labute approximate surface area is 91.3 Å². The molecule has 1 rings (SSSR count). The van der Waals surface area contributed by atoms with Crippen LogP contribution in [0, 0.1) is 6.92 Å². The van der Waals surface area contributed by atoms with Crippen LogP contribution in [-0.2, 0) is 0 Å². The van der Waals surface area contributed by atoms with Gasteiger partial charge < -0.3 is 5.73 Å². The molecule has 2 N–H and O–H groups in total. The molecule has 2 atom stereocenters. The molecule has 2 unspecified atom stereocenters. The lowest BCUT2D eigenvalue weighted by molar-refractivity contribution is 0.533. The Morgan fingerprint density at radius 3 is 2.64 bits per heavy atom. The zero-order valence-corrected chi connectivity index (χ0v) is 10.2. The quantitative estimate of drug-likeness (QED) is 0.790. The zero-order chi connectivity index (χ0) is 10.6. The Kier molecular flexibility index (Phi) is 4.63. The zero-order valence-electron chi connectivity index (χ0n) is 9.42. The molecule has 0 aliphatic carbocycles. The van der Waals surface area contributed by atoms with Crippen molar-refractivity contribution in [3.63, 3.8) is 0 Å². The second kappa shape index (κ2) is 5.52. The van der Waals surface area contributed by atoms with Crippen molar-refractivity contribution in [3.8, 4) is 0 Å². The molecule has 1 nitrogen and oxygen atoms in total. The highest BCUT2D eigenvalue weighted by molar-refractivity contribution is 7.10. The van der Waals surface area contributed by atoms with Crippen molar-refractivity contribution >= 4 is 11.3 Å². The molecule has 80 valence electrons. The average Bonchev–Trinajstić information content (AvgIpc) is 2.60. The van der Waals surface area contributed by atoms with Crippen molar-refractivity contribution in [2.75, 3.05) is 0 Å². The fourth-order valence-corrected chi connectivity index (χ4v) is 2.71. The first-order valence-corrected chi connectivity index (χ1v) is 6.32. The summed E-state index contributed by atoms with van der Waals surface area (Å²) in [5.74, 6) is 0.674. The summed E-state index contributed by atoms with van der Waals surface area (Å²) in [6.07, 6.45) is 3.46. The maximum Gasteiger partial charge on any atom is 0.0103 e. The van der Waals surface area contributed by atoms with Gasteiger partial charge in [-0.15, -0.1) is 11.3 Å². The van der Waals surface area contributed by atoms with E-state index in [0.29, 0.717) is 12.0 Å². The van der Waals surface area contributed by atoms with Gasteiger partial charge in [-0.05, 0) is 49.1 Å². The smallest absolute Gasteiger partial charge is 0.0103 e. The molecule has 0 radical (unpaired) electrons. The fourth-order valence-electron chi connectivity index (χ4n) is 1.69. The normalized spacial score (nSPS) is 15.4. The molecule has 0 aliphatic heterocycles. The molecule has 1 aromatic rings. The van der Waals surface area contributed by atoms with Crippen molar-refractivity contribution in [2.24, 2.45) is 5.73 Å². The number of thiophene rings is 1. The van der Waals surface area contributed by atoms with E-state index in [1.807, 2.05) is 11.3 Å². The molecule has 0 spiro atoms. The summed E-state index contributed by atoms with van der Waals surface area (Å²) in [4.78, 5) is 1.54. The van der Waals surface area contributed by atoms with E-state index in [9.17, 15) is 0 Å². The standard InChI is InChI=1S/C12H21NS/c1-4-11(13)6-5-9(2)12-10(3)7-8-14-12/h7-9,11H,4-6,13H2,1-3H3. The molecule has 0 saturated carbocycles. The molecule has 0 saturated heterocycles. The van der Waals surface area contributed by atoms with Gasteiger partial charge in [-0.2, -0.15) is 0 Å². The minimum absolute atomic E-state index is 0.387. The van der Waals surface area contributed by atoms with Crippen LogP contribution in [0.4, 0.5) is 0 Å². The molecular weight excluding hydrogens is 190 g/mol. The van der Waals surface area contributed by atoms with Gasteiger partial charge in [-0.1, -0.05) is 13.8 Å². The molecule has 0 aliphatic rings. The summed E-state index contributed by atoms with van der Waals surface area (Å²) < 4.78 is 0. The Balaban J connectivity index is 2.43. The Bertz CT molecular complexity index is 267. The molecule has 14 heavy (non-hydrogen) atoms. The molecule has 2 heteroatoms. The topological polar surface area (TPSA) is 26.0 Å². The Morgan fingerprint density at radius 1 is 1.43 bits per heavy atom. The van der Waals surface area contributed by atoms with E-state index in [2.05, 4.69) is 32.2 Å². The molecule has 1 heterocycles. The number of hydrogen-bond acceptors (Lipinski definition) is 2. The van der Waals surface area contributed by atoms with Crippen LogP contribution in [0.15, 0.2) is 11.4 Å². The van der Waals surface area contributed by atoms with Gasteiger partial charge >= 0.3 is 0 Å². The van der Waals surface area contributed by atoms with Crippen LogP contribution in [0.25, 0.3) is 0 Å². The largest absolute Gasteiger partial charge is 0.328 e. The second-order valence-corrected chi connectivity index (χ2v) is 5.06. The SMILES string of the molecule is CCC(N)CCC(C)c1sccc1C. The van der Waals surface area contributed by atoms with Crippen molar-refractivity contribution in [3.05, 3.63) is 21.9 Å². The lowest BCUT2D eigenvalue weighted by Crippen LogP contribution is -2.18. The first-order valence-electron chi connectivity index (χ1n) is 5.44. The second-order valence-electron chi connectivity index (χ2n) is 4.11. The molecule has 1 aromatic heterocycles. The lowest BCUT2D eigenvalue weighted by Gasteiger charge is -2.13.